The fraction of sp³-hybridized carbons (Fsp3) is 0.208. The number of ether oxygens (including phenoxy) is 2. The van der Waals surface area contributed by atoms with Crippen LogP contribution in [0.2, 0.25) is 0 Å². The Labute approximate surface area is 198 Å². The van der Waals surface area contributed by atoms with Gasteiger partial charge < -0.3 is 14.8 Å². The molecular formula is C24H21N3O4S2. The normalized spacial score (nSPS) is 13.0. The van der Waals surface area contributed by atoms with Gasteiger partial charge in [-0.3, -0.25) is 14.2 Å². The lowest BCUT2D eigenvalue weighted by Crippen LogP contribution is -2.20. The van der Waals surface area contributed by atoms with Crippen molar-refractivity contribution in [1.29, 1.82) is 0 Å². The van der Waals surface area contributed by atoms with Crippen LogP contribution in [-0.2, 0) is 11.8 Å². The number of aromatic nitrogens is 2. The second-order valence-corrected chi connectivity index (χ2v) is 9.48. The van der Waals surface area contributed by atoms with Gasteiger partial charge in [0.15, 0.2) is 16.7 Å². The summed E-state index contributed by atoms with van der Waals surface area (Å²) in [4.78, 5) is 31.8. The lowest BCUT2D eigenvalue weighted by Gasteiger charge is -2.11. The van der Waals surface area contributed by atoms with E-state index in [0.717, 1.165) is 16.9 Å². The van der Waals surface area contributed by atoms with Crippen LogP contribution in [0, 0.1) is 0 Å². The van der Waals surface area contributed by atoms with Crippen molar-refractivity contribution in [3.8, 4) is 21.9 Å². The molecule has 0 radical (unpaired) electrons. The summed E-state index contributed by atoms with van der Waals surface area (Å²) >= 11 is 2.71. The largest absolute Gasteiger partial charge is 0.490 e. The van der Waals surface area contributed by atoms with E-state index in [0.29, 0.717) is 45.8 Å². The zero-order valence-corrected chi connectivity index (χ0v) is 19.5. The predicted molar refractivity (Wildman–Crippen MR) is 132 cm³/mol. The molecule has 0 unspecified atom stereocenters. The molecule has 3 heterocycles. The highest BCUT2D eigenvalue weighted by Gasteiger charge is 2.16. The summed E-state index contributed by atoms with van der Waals surface area (Å²) in [5, 5.41) is 3.96. The smallest absolute Gasteiger partial charge is 0.262 e. The number of hydrogen-bond donors (Lipinski definition) is 1. The van der Waals surface area contributed by atoms with Gasteiger partial charge in [-0.15, -0.1) is 11.3 Å². The van der Waals surface area contributed by atoms with Crippen molar-refractivity contribution in [3.05, 3.63) is 65.0 Å². The number of hydrogen-bond acceptors (Lipinski definition) is 7. The van der Waals surface area contributed by atoms with Gasteiger partial charge in [-0.05, 0) is 23.8 Å². The highest BCUT2D eigenvalue weighted by molar-refractivity contribution is 7.99. The molecule has 1 N–H and O–H groups in total. The third-order valence-corrected chi connectivity index (χ3v) is 7.26. The molecule has 9 heteroatoms. The minimum atomic E-state index is -0.194. The van der Waals surface area contributed by atoms with Crippen LogP contribution in [-0.4, -0.2) is 34.4 Å². The molecule has 0 aliphatic carbocycles. The Morgan fingerprint density at radius 1 is 1.12 bits per heavy atom. The summed E-state index contributed by atoms with van der Waals surface area (Å²) in [6.45, 7) is 1.19. The Balaban J connectivity index is 1.31. The molecule has 2 aromatic carbocycles. The molecule has 0 atom stereocenters. The van der Waals surface area contributed by atoms with Gasteiger partial charge in [0, 0.05) is 30.1 Å². The summed E-state index contributed by atoms with van der Waals surface area (Å²) in [5.74, 6) is 1.23. The van der Waals surface area contributed by atoms with Gasteiger partial charge >= 0.3 is 0 Å². The molecule has 0 spiro atoms. The standard InChI is InChI=1S/C24H21N3O4S2/c1-27-23(29)17-13-20(15-6-3-2-4-7-15)33-22(17)26-24(27)32-14-21(28)25-16-8-9-18-19(12-16)31-11-5-10-30-18/h2-4,6-9,12-13H,5,10-11,14H2,1H3,(H,25,28). The van der Waals surface area contributed by atoms with E-state index in [1.807, 2.05) is 36.4 Å². The monoisotopic (exact) mass is 479 g/mol. The van der Waals surface area contributed by atoms with Crippen molar-refractivity contribution in [2.24, 2.45) is 7.05 Å². The van der Waals surface area contributed by atoms with Gasteiger partial charge in [-0.25, -0.2) is 4.98 Å². The minimum absolute atomic E-state index is 0.121. The Morgan fingerprint density at radius 3 is 2.73 bits per heavy atom. The molecule has 168 valence electrons. The summed E-state index contributed by atoms with van der Waals surface area (Å²) in [6, 6.07) is 17.1. The molecule has 4 aromatic rings. The molecule has 0 bridgehead atoms. The quantitative estimate of drug-likeness (QED) is 0.334. The van der Waals surface area contributed by atoms with Crippen molar-refractivity contribution in [3.63, 3.8) is 0 Å². The second kappa shape index (κ2) is 9.29. The number of fused-ring (bicyclic) bond motifs is 2. The molecule has 1 aliphatic rings. The van der Waals surface area contributed by atoms with E-state index >= 15 is 0 Å². The number of nitrogens with zero attached hydrogens (tertiary/aromatic N) is 2. The highest BCUT2D eigenvalue weighted by Crippen LogP contribution is 2.33. The maximum absolute atomic E-state index is 12.9. The van der Waals surface area contributed by atoms with Gasteiger partial charge in [0.25, 0.3) is 5.56 Å². The Morgan fingerprint density at radius 2 is 1.91 bits per heavy atom. The van der Waals surface area contributed by atoms with Crippen LogP contribution < -0.4 is 20.3 Å². The molecular weight excluding hydrogens is 458 g/mol. The predicted octanol–water partition coefficient (Wildman–Crippen LogP) is 4.55. The van der Waals surface area contributed by atoms with Crippen LogP contribution in [0.15, 0.2) is 64.5 Å². The summed E-state index contributed by atoms with van der Waals surface area (Å²) in [5.41, 5.74) is 1.56. The van der Waals surface area contributed by atoms with E-state index < -0.39 is 0 Å². The first-order valence-corrected chi connectivity index (χ1v) is 12.3. The number of rotatable bonds is 5. The lowest BCUT2D eigenvalue weighted by atomic mass is 10.2. The van der Waals surface area contributed by atoms with Crippen molar-refractivity contribution in [2.75, 3.05) is 24.3 Å². The topological polar surface area (TPSA) is 82.5 Å². The molecule has 0 saturated heterocycles. The molecule has 7 nitrogen and oxygen atoms in total. The zero-order valence-electron chi connectivity index (χ0n) is 17.9. The first-order chi connectivity index (χ1) is 16.1. The summed E-state index contributed by atoms with van der Waals surface area (Å²) in [7, 11) is 1.68. The molecule has 1 amide bonds. The van der Waals surface area contributed by atoms with E-state index in [2.05, 4.69) is 10.3 Å². The number of thiophene rings is 1. The van der Waals surface area contributed by atoms with E-state index in [9.17, 15) is 9.59 Å². The van der Waals surface area contributed by atoms with E-state index in [4.69, 9.17) is 9.47 Å². The van der Waals surface area contributed by atoms with Gasteiger partial charge in [0.1, 0.15) is 4.83 Å². The van der Waals surface area contributed by atoms with Gasteiger partial charge in [0.2, 0.25) is 5.91 Å². The van der Waals surface area contributed by atoms with Gasteiger partial charge in [-0.1, -0.05) is 42.1 Å². The molecule has 5 rings (SSSR count). The van der Waals surface area contributed by atoms with Crippen LogP contribution >= 0.6 is 23.1 Å². The molecule has 0 saturated carbocycles. The molecule has 2 aromatic heterocycles. The van der Waals surface area contributed by atoms with Crippen LogP contribution in [0.5, 0.6) is 11.5 Å². The lowest BCUT2D eigenvalue weighted by molar-refractivity contribution is -0.113. The Bertz CT molecular complexity index is 1380. The number of carbonyl (C=O) groups is 1. The van der Waals surface area contributed by atoms with Crippen molar-refractivity contribution >= 4 is 44.9 Å². The Hall–Kier alpha value is -3.30. The summed E-state index contributed by atoms with van der Waals surface area (Å²) < 4.78 is 12.8. The number of nitrogens with one attached hydrogen (secondary N) is 1. The summed E-state index contributed by atoms with van der Waals surface area (Å²) in [6.07, 6.45) is 0.820. The number of benzene rings is 2. The van der Waals surface area contributed by atoms with E-state index in [1.54, 1.807) is 25.2 Å². The Kier molecular flexibility index (Phi) is 6.06. The molecule has 33 heavy (non-hydrogen) atoms. The van der Waals surface area contributed by atoms with Crippen molar-refractivity contribution < 1.29 is 14.3 Å². The van der Waals surface area contributed by atoms with Crippen molar-refractivity contribution in [2.45, 2.75) is 11.6 Å². The van der Waals surface area contributed by atoms with E-state index in [1.165, 1.54) is 27.7 Å². The van der Waals surface area contributed by atoms with Gasteiger partial charge in [0.05, 0.1) is 24.4 Å². The first kappa shape index (κ1) is 21.5. The van der Waals surface area contributed by atoms with Crippen LogP contribution in [0.3, 0.4) is 0 Å². The maximum Gasteiger partial charge on any atom is 0.262 e. The molecule has 1 aliphatic heterocycles. The minimum Gasteiger partial charge on any atom is -0.490 e. The number of thioether (sulfide) groups is 1. The molecule has 0 fully saturated rings. The maximum atomic E-state index is 12.9. The first-order valence-electron chi connectivity index (χ1n) is 10.5. The van der Waals surface area contributed by atoms with Gasteiger partial charge in [-0.2, -0.15) is 0 Å². The average molecular weight is 480 g/mol. The average Bonchev–Trinajstić information content (AvgIpc) is 3.12. The van der Waals surface area contributed by atoms with Crippen LogP contribution in [0.1, 0.15) is 6.42 Å². The second-order valence-electron chi connectivity index (χ2n) is 7.50. The third kappa shape index (κ3) is 4.60. The SMILES string of the molecule is Cn1c(SCC(=O)Nc2ccc3c(c2)OCCCO3)nc2sc(-c3ccccc3)cc2c1=O. The van der Waals surface area contributed by atoms with E-state index in [-0.39, 0.29) is 17.2 Å². The number of carbonyl (C=O) groups excluding carboxylic acids is 1. The van der Waals surface area contributed by atoms with Crippen molar-refractivity contribution in [1.82, 2.24) is 9.55 Å². The fourth-order valence-electron chi connectivity index (χ4n) is 3.49. The highest BCUT2D eigenvalue weighted by atomic mass is 32.2. The van der Waals surface area contributed by atoms with Crippen LogP contribution in [0.4, 0.5) is 5.69 Å². The number of amides is 1. The third-order valence-electron chi connectivity index (χ3n) is 5.15. The fourth-order valence-corrected chi connectivity index (χ4v) is 5.34. The van der Waals surface area contributed by atoms with Crippen LogP contribution in [0.25, 0.3) is 20.7 Å². The number of anilines is 1. The zero-order chi connectivity index (χ0) is 22.8.